The molecule has 1 saturated heterocycles. The van der Waals surface area contributed by atoms with E-state index in [9.17, 15) is 8.42 Å². The average Bonchev–Trinajstić information content (AvgIpc) is 2.34. The van der Waals surface area contributed by atoms with Crippen LogP contribution in [-0.4, -0.2) is 45.2 Å². The van der Waals surface area contributed by atoms with Crippen LogP contribution in [0.15, 0.2) is 0 Å². The van der Waals surface area contributed by atoms with Gasteiger partial charge >= 0.3 is 0 Å². The summed E-state index contributed by atoms with van der Waals surface area (Å²) in [5.74, 6) is 0.942. The third-order valence-corrected chi connectivity index (χ3v) is 6.11. The third-order valence-electron chi connectivity index (χ3n) is 4.15. The predicted molar refractivity (Wildman–Crippen MR) is 80.7 cm³/mol. The van der Waals surface area contributed by atoms with Gasteiger partial charge in [-0.2, -0.15) is 0 Å². The molecule has 0 amide bonds. The number of hydrogen-bond donors (Lipinski definition) is 1. The van der Waals surface area contributed by atoms with Crippen LogP contribution < -0.4 is 5.32 Å². The van der Waals surface area contributed by atoms with Crippen molar-refractivity contribution in [3.8, 4) is 0 Å². The molecule has 1 fully saturated rings. The minimum absolute atomic E-state index is 0.294. The highest BCUT2D eigenvalue weighted by Gasteiger charge is 2.32. The fraction of sp³-hybridized carbons (Fsp3) is 1.00. The van der Waals surface area contributed by atoms with E-state index in [0.29, 0.717) is 30.2 Å². The van der Waals surface area contributed by atoms with Crippen LogP contribution in [0.1, 0.15) is 46.5 Å². The molecule has 0 spiro atoms. The van der Waals surface area contributed by atoms with Crippen molar-refractivity contribution >= 4 is 10.0 Å². The minimum Gasteiger partial charge on any atom is -0.320 e. The maximum Gasteiger partial charge on any atom is 0.214 e. The van der Waals surface area contributed by atoms with E-state index >= 15 is 0 Å². The molecule has 0 aliphatic carbocycles. The molecule has 0 bridgehead atoms. The van der Waals surface area contributed by atoms with E-state index in [4.69, 9.17) is 0 Å². The van der Waals surface area contributed by atoms with Crippen LogP contribution in [0.25, 0.3) is 0 Å². The van der Waals surface area contributed by atoms with Crippen LogP contribution in [-0.2, 0) is 10.0 Å². The van der Waals surface area contributed by atoms with E-state index in [0.717, 1.165) is 32.2 Å². The summed E-state index contributed by atoms with van der Waals surface area (Å²) in [7, 11) is -1.13. The maximum atomic E-state index is 12.2. The third kappa shape index (κ3) is 5.40. The Morgan fingerprint density at radius 3 is 2.21 bits per heavy atom. The van der Waals surface area contributed by atoms with E-state index in [1.165, 1.54) is 0 Å². The summed E-state index contributed by atoms with van der Waals surface area (Å²) in [5, 5.41) is 3.05. The summed E-state index contributed by atoms with van der Waals surface area (Å²) in [4.78, 5) is 0. The van der Waals surface area contributed by atoms with Gasteiger partial charge in [0.05, 0.1) is 5.75 Å². The van der Waals surface area contributed by atoms with Gasteiger partial charge in [-0.1, -0.05) is 20.8 Å². The largest absolute Gasteiger partial charge is 0.320 e. The molecule has 114 valence electrons. The Kier molecular flexibility index (Phi) is 6.27. The summed E-state index contributed by atoms with van der Waals surface area (Å²) in [5.41, 5.74) is 0.294. The molecular formula is C14H30N2O2S. The molecule has 1 rings (SSSR count). The number of nitrogens with zero attached hydrogens (tertiary/aromatic N) is 1. The van der Waals surface area contributed by atoms with Crippen LogP contribution in [0, 0.1) is 11.3 Å². The van der Waals surface area contributed by atoms with Gasteiger partial charge in [-0.25, -0.2) is 12.7 Å². The Hall–Kier alpha value is -0.130. The summed E-state index contributed by atoms with van der Waals surface area (Å²) in [6.07, 6.45) is 3.68. The van der Waals surface area contributed by atoms with Gasteiger partial charge in [0.25, 0.3) is 0 Å². The van der Waals surface area contributed by atoms with Crippen LogP contribution in [0.3, 0.4) is 0 Å². The number of nitrogens with one attached hydrogen (secondary N) is 1. The number of sulfonamides is 1. The topological polar surface area (TPSA) is 49.4 Å². The second kappa shape index (κ2) is 7.04. The molecule has 1 N–H and O–H groups in total. The first-order valence-corrected chi connectivity index (χ1v) is 9.00. The molecule has 5 heteroatoms. The number of unbranched alkanes of at least 4 members (excludes halogenated alkanes) is 1. The van der Waals surface area contributed by atoms with Crippen molar-refractivity contribution in [3.05, 3.63) is 0 Å². The van der Waals surface area contributed by atoms with Crippen molar-refractivity contribution in [1.82, 2.24) is 9.62 Å². The Bertz CT molecular complexity index is 352. The molecule has 0 radical (unpaired) electrons. The van der Waals surface area contributed by atoms with Crippen molar-refractivity contribution in [2.75, 3.05) is 32.4 Å². The summed E-state index contributed by atoms with van der Waals surface area (Å²) in [6, 6.07) is 0. The number of piperidine rings is 1. The van der Waals surface area contributed by atoms with Crippen molar-refractivity contribution in [2.24, 2.45) is 11.3 Å². The SMILES string of the molecule is CNCCCCS(=O)(=O)N1CCC(C(C)(C)C)CC1. The van der Waals surface area contributed by atoms with Gasteiger partial charge < -0.3 is 5.32 Å². The summed E-state index contributed by atoms with van der Waals surface area (Å²) in [6.45, 7) is 9.05. The molecule has 0 aromatic rings. The lowest BCUT2D eigenvalue weighted by atomic mass is 9.76. The molecule has 19 heavy (non-hydrogen) atoms. The lowest BCUT2D eigenvalue weighted by Gasteiger charge is -2.38. The second-order valence-corrected chi connectivity index (χ2v) is 8.75. The second-order valence-electron chi connectivity index (χ2n) is 6.67. The molecule has 0 aromatic carbocycles. The minimum atomic E-state index is -3.03. The first kappa shape index (κ1) is 16.9. The zero-order chi connectivity index (χ0) is 14.5. The van der Waals surface area contributed by atoms with Gasteiger partial charge in [0.2, 0.25) is 10.0 Å². The van der Waals surface area contributed by atoms with E-state index in [-0.39, 0.29) is 0 Å². The van der Waals surface area contributed by atoms with E-state index in [2.05, 4.69) is 26.1 Å². The highest BCUT2D eigenvalue weighted by molar-refractivity contribution is 7.89. The summed E-state index contributed by atoms with van der Waals surface area (Å²) >= 11 is 0. The quantitative estimate of drug-likeness (QED) is 0.762. The average molecular weight is 290 g/mol. The lowest BCUT2D eigenvalue weighted by Crippen LogP contribution is -2.42. The highest BCUT2D eigenvalue weighted by atomic mass is 32.2. The van der Waals surface area contributed by atoms with Crippen LogP contribution in [0.2, 0.25) is 0 Å². The van der Waals surface area contributed by atoms with Crippen LogP contribution in [0.5, 0.6) is 0 Å². The van der Waals surface area contributed by atoms with Gasteiger partial charge in [-0.15, -0.1) is 0 Å². The molecule has 0 aromatic heterocycles. The fourth-order valence-electron chi connectivity index (χ4n) is 2.72. The molecule has 1 heterocycles. The Balaban J connectivity index is 2.41. The van der Waals surface area contributed by atoms with Gasteiger partial charge in [0, 0.05) is 13.1 Å². The van der Waals surface area contributed by atoms with Crippen molar-refractivity contribution in [2.45, 2.75) is 46.5 Å². The Morgan fingerprint density at radius 1 is 1.16 bits per heavy atom. The van der Waals surface area contributed by atoms with Gasteiger partial charge in [-0.3, -0.25) is 0 Å². The van der Waals surface area contributed by atoms with Crippen molar-refractivity contribution < 1.29 is 8.42 Å². The predicted octanol–water partition coefficient (Wildman–Crippen LogP) is 2.07. The van der Waals surface area contributed by atoms with E-state index in [1.807, 2.05) is 7.05 Å². The van der Waals surface area contributed by atoms with Gasteiger partial charge in [0.1, 0.15) is 0 Å². The van der Waals surface area contributed by atoms with Gasteiger partial charge in [0.15, 0.2) is 0 Å². The first-order chi connectivity index (χ1) is 8.77. The monoisotopic (exact) mass is 290 g/mol. The number of hydrogen-bond acceptors (Lipinski definition) is 3. The standard InChI is InChI=1S/C14H30N2O2S/c1-14(2,3)13-7-10-16(11-8-13)19(17,18)12-6-5-9-15-4/h13,15H,5-12H2,1-4H3. The Labute approximate surface area is 119 Å². The summed E-state index contributed by atoms with van der Waals surface area (Å²) < 4.78 is 26.1. The lowest BCUT2D eigenvalue weighted by molar-refractivity contribution is 0.154. The van der Waals surface area contributed by atoms with E-state index < -0.39 is 10.0 Å². The fourth-order valence-corrected chi connectivity index (χ4v) is 4.31. The molecule has 0 unspecified atom stereocenters. The van der Waals surface area contributed by atoms with Crippen molar-refractivity contribution in [3.63, 3.8) is 0 Å². The van der Waals surface area contributed by atoms with Crippen molar-refractivity contribution in [1.29, 1.82) is 0 Å². The molecule has 1 aliphatic heterocycles. The molecule has 4 nitrogen and oxygen atoms in total. The zero-order valence-corrected chi connectivity index (χ0v) is 13.7. The Morgan fingerprint density at radius 2 is 1.74 bits per heavy atom. The maximum absolute atomic E-state index is 12.2. The van der Waals surface area contributed by atoms with Gasteiger partial charge in [-0.05, 0) is 50.6 Å². The number of rotatable bonds is 6. The zero-order valence-electron chi connectivity index (χ0n) is 12.9. The first-order valence-electron chi connectivity index (χ1n) is 7.40. The highest BCUT2D eigenvalue weighted by Crippen LogP contribution is 2.34. The van der Waals surface area contributed by atoms with E-state index in [1.54, 1.807) is 4.31 Å². The van der Waals surface area contributed by atoms with Crippen LogP contribution >= 0.6 is 0 Å². The van der Waals surface area contributed by atoms with Crippen LogP contribution in [0.4, 0.5) is 0 Å². The molecule has 0 saturated carbocycles. The molecule has 1 aliphatic rings. The molecular weight excluding hydrogens is 260 g/mol. The molecule has 0 atom stereocenters. The normalized spacial score (nSPS) is 19.8. The smallest absolute Gasteiger partial charge is 0.214 e.